The van der Waals surface area contributed by atoms with Gasteiger partial charge < -0.3 is 4.57 Å². The molecule has 1 aromatic heterocycles. The Kier molecular flexibility index (Phi) is 2.42. The highest BCUT2D eigenvalue weighted by atomic mass is 16.1. The largest absolute Gasteiger partial charge is 0.350 e. The summed E-state index contributed by atoms with van der Waals surface area (Å²) in [4.78, 5) is 11.8. The van der Waals surface area contributed by atoms with Crippen molar-refractivity contribution in [3.05, 3.63) is 48.2 Å². The SMILES string of the molecule is C/C=C/C(=O)c1cn(C)c2ccccc12. The molecular formula is C13H13NO. The molecule has 0 fully saturated rings. The molecule has 0 spiro atoms. The summed E-state index contributed by atoms with van der Waals surface area (Å²) in [7, 11) is 1.95. The van der Waals surface area contributed by atoms with E-state index in [2.05, 4.69) is 0 Å². The summed E-state index contributed by atoms with van der Waals surface area (Å²) in [6.07, 6.45) is 5.25. The average molecular weight is 199 g/mol. The van der Waals surface area contributed by atoms with Gasteiger partial charge in [-0.3, -0.25) is 4.79 Å². The number of allylic oxidation sites excluding steroid dienone is 2. The van der Waals surface area contributed by atoms with Crippen LogP contribution in [0.5, 0.6) is 0 Å². The van der Waals surface area contributed by atoms with Crippen molar-refractivity contribution >= 4 is 16.7 Å². The molecule has 0 N–H and O–H groups in total. The van der Waals surface area contributed by atoms with Crippen LogP contribution in [0.15, 0.2) is 42.6 Å². The molecule has 1 aromatic carbocycles. The van der Waals surface area contributed by atoms with Crippen LogP contribution < -0.4 is 0 Å². The number of hydrogen-bond donors (Lipinski definition) is 0. The van der Waals surface area contributed by atoms with Gasteiger partial charge in [-0.1, -0.05) is 24.3 Å². The highest BCUT2D eigenvalue weighted by Gasteiger charge is 2.10. The molecule has 0 radical (unpaired) electrons. The number of carbonyl (C=O) groups excluding carboxylic acids is 1. The van der Waals surface area contributed by atoms with Crippen LogP contribution in [-0.4, -0.2) is 10.4 Å². The van der Waals surface area contributed by atoms with Gasteiger partial charge >= 0.3 is 0 Å². The molecule has 2 nitrogen and oxygen atoms in total. The number of benzene rings is 1. The third-order valence-electron chi connectivity index (χ3n) is 2.48. The second-order valence-corrected chi connectivity index (χ2v) is 3.54. The van der Waals surface area contributed by atoms with Crippen LogP contribution in [0.4, 0.5) is 0 Å². The lowest BCUT2D eigenvalue weighted by Gasteiger charge is -1.93. The Morgan fingerprint density at radius 3 is 2.80 bits per heavy atom. The molecule has 0 amide bonds. The zero-order valence-corrected chi connectivity index (χ0v) is 8.90. The molecule has 0 saturated heterocycles. The molecule has 0 bridgehead atoms. The fourth-order valence-electron chi connectivity index (χ4n) is 1.78. The molecule has 2 heteroatoms. The Bertz CT molecular complexity index is 534. The molecular weight excluding hydrogens is 186 g/mol. The van der Waals surface area contributed by atoms with E-state index in [0.29, 0.717) is 0 Å². The van der Waals surface area contributed by atoms with Crippen LogP contribution in [-0.2, 0) is 7.05 Å². The van der Waals surface area contributed by atoms with Gasteiger partial charge in [-0.05, 0) is 19.1 Å². The molecule has 0 aliphatic heterocycles. The van der Waals surface area contributed by atoms with E-state index in [4.69, 9.17) is 0 Å². The van der Waals surface area contributed by atoms with Gasteiger partial charge in [0.15, 0.2) is 5.78 Å². The van der Waals surface area contributed by atoms with Crippen molar-refractivity contribution in [2.45, 2.75) is 6.92 Å². The number of fused-ring (bicyclic) bond motifs is 1. The summed E-state index contributed by atoms with van der Waals surface area (Å²) in [5, 5.41) is 1.02. The van der Waals surface area contributed by atoms with Gasteiger partial charge in [-0.15, -0.1) is 0 Å². The minimum Gasteiger partial charge on any atom is -0.350 e. The molecule has 2 rings (SSSR count). The highest BCUT2D eigenvalue weighted by Crippen LogP contribution is 2.20. The molecule has 76 valence electrons. The summed E-state index contributed by atoms with van der Waals surface area (Å²) in [6, 6.07) is 7.93. The molecule has 0 saturated carbocycles. The van der Waals surface area contributed by atoms with E-state index in [9.17, 15) is 4.79 Å². The molecule has 0 unspecified atom stereocenters. The first-order valence-electron chi connectivity index (χ1n) is 4.95. The number of nitrogens with zero attached hydrogens (tertiary/aromatic N) is 1. The van der Waals surface area contributed by atoms with E-state index < -0.39 is 0 Å². The predicted molar refractivity (Wildman–Crippen MR) is 62.1 cm³/mol. The number of aryl methyl sites for hydroxylation is 1. The zero-order valence-electron chi connectivity index (χ0n) is 8.90. The summed E-state index contributed by atoms with van der Waals surface area (Å²) in [5.41, 5.74) is 1.86. The van der Waals surface area contributed by atoms with Crippen LogP contribution in [0.1, 0.15) is 17.3 Å². The van der Waals surface area contributed by atoms with Crippen molar-refractivity contribution in [2.75, 3.05) is 0 Å². The Morgan fingerprint density at radius 1 is 1.33 bits per heavy atom. The van der Waals surface area contributed by atoms with Crippen LogP contribution in [0.25, 0.3) is 10.9 Å². The summed E-state index contributed by atoms with van der Waals surface area (Å²) in [5.74, 6) is 0.0642. The van der Waals surface area contributed by atoms with E-state index in [1.807, 2.05) is 49.0 Å². The van der Waals surface area contributed by atoms with Gasteiger partial charge in [0, 0.05) is 29.7 Å². The summed E-state index contributed by atoms with van der Waals surface area (Å²) in [6.45, 7) is 1.85. The number of aromatic nitrogens is 1. The third-order valence-corrected chi connectivity index (χ3v) is 2.48. The van der Waals surface area contributed by atoms with Crippen LogP contribution in [0, 0.1) is 0 Å². The van der Waals surface area contributed by atoms with E-state index >= 15 is 0 Å². The lowest BCUT2D eigenvalue weighted by molar-refractivity contribution is 0.104. The number of ketones is 1. The second-order valence-electron chi connectivity index (χ2n) is 3.54. The first kappa shape index (κ1) is 9.71. The Morgan fingerprint density at radius 2 is 2.07 bits per heavy atom. The molecule has 0 aliphatic carbocycles. The van der Waals surface area contributed by atoms with Crippen LogP contribution in [0.2, 0.25) is 0 Å². The minimum absolute atomic E-state index is 0.0642. The smallest absolute Gasteiger partial charge is 0.187 e. The van der Waals surface area contributed by atoms with Crippen molar-refractivity contribution in [2.24, 2.45) is 7.05 Å². The van der Waals surface area contributed by atoms with Crippen LogP contribution in [0.3, 0.4) is 0 Å². The maximum atomic E-state index is 11.8. The average Bonchev–Trinajstić information content (AvgIpc) is 2.58. The molecule has 0 atom stereocenters. The normalized spacial score (nSPS) is 11.3. The zero-order chi connectivity index (χ0) is 10.8. The number of carbonyl (C=O) groups is 1. The molecule has 15 heavy (non-hydrogen) atoms. The maximum absolute atomic E-state index is 11.8. The molecule has 0 aliphatic rings. The number of para-hydroxylation sites is 1. The molecule has 2 aromatic rings. The number of rotatable bonds is 2. The van der Waals surface area contributed by atoms with Crippen LogP contribution >= 0.6 is 0 Å². The first-order valence-corrected chi connectivity index (χ1v) is 4.95. The van der Waals surface area contributed by atoms with E-state index in [-0.39, 0.29) is 5.78 Å². The van der Waals surface area contributed by atoms with Crippen molar-refractivity contribution in [1.82, 2.24) is 4.57 Å². The monoisotopic (exact) mass is 199 g/mol. The van der Waals surface area contributed by atoms with Gasteiger partial charge in [0.2, 0.25) is 0 Å². The van der Waals surface area contributed by atoms with Gasteiger partial charge in [0.25, 0.3) is 0 Å². The first-order chi connectivity index (χ1) is 7.24. The Balaban J connectivity index is 2.67. The maximum Gasteiger partial charge on any atom is 0.187 e. The van der Waals surface area contributed by atoms with E-state index in [0.717, 1.165) is 16.5 Å². The lowest BCUT2D eigenvalue weighted by Crippen LogP contribution is -1.91. The quantitative estimate of drug-likeness (QED) is 0.538. The van der Waals surface area contributed by atoms with Crippen molar-refractivity contribution in [1.29, 1.82) is 0 Å². The highest BCUT2D eigenvalue weighted by molar-refractivity contribution is 6.13. The second kappa shape index (κ2) is 3.73. The minimum atomic E-state index is 0.0642. The fraction of sp³-hybridized carbons (Fsp3) is 0.154. The standard InChI is InChI=1S/C13H13NO/c1-3-6-13(15)11-9-14(2)12-8-5-4-7-10(11)12/h3-9H,1-2H3/b6-3+. The van der Waals surface area contributed by atoms with Gasteiger partial charge in [0.05, 0.1) is 0 Å². The topological polar surface area (TPSA) is 22.0 Å². The van der Waals surface area contributed by atoms with Crippen molar-refractivity contribution in [3.63, 3.8) is 0 Å². The fourth-order valence-corrected chi connectivity index (χ4v) is 1.78. The van der Waals surface area contributed by atoms with E-state index in [1.165, 1.54) is 0 Å². The predicted octanol–water partition coefficient (Wildman–Crippen LogP) is 2.94. The summed E-state index contributed by atoms with van der Waals surface area (Å²) >= 11 is 0. The Labute approximate surface area is 88.8 Å². The molecule has 1 heterocycles. The Hall–Kier alpha value is -1.83. The van der Waals surface area contributed by atoms with Crippen molar-refractivity contribution < 1.29 is 4.79 Å². The van der Waals surface area contributed by atoms with Gasteiger partial charge in [0.1, 0.15) is 0 Å². The van der Waals surface area contributed by atoms with E-state index in [1.54, 1.807) is 12.2 Å². The van der Waals surface area contributed by atoms with Gasteiger partial charge in [-0.25, -0.2) is 0 Å². The number of hydrogen-bond acceptors (Lipinski definition) is 1. The van der Waals surface area contributed by atoms with Crippen molar-refractivity contribution in [3.8, 4) is 0 Å². The lowest BCUT2D eigenvalue weighted by atomic mass is 10.1. The summed E-state index contributed by atoms with van der Waals surface area (Å²) < 4.78 is 1.98. The third kappa shape index (κ3) is 1.59. The van der Waals surface area contributed by atoms with Gasteiger partial charge in [-0.2, -0.15) is 0 Å².